The van der Waals surface area contributed by atoms with Crippen LogP contribution in [0.1, 0.15) is 107 Å². The largest absolute Gasteiger partial charge is 0.462 e. The first-order chi connectivity index (χ1) is 25.6. The third-order valence-corrected chi connectivity index (χ3v) is 13.1. The van der Waals surface area contributed by atoms with E-state index in [1.165, 1.54) is 25.7 Å². The number of rotatable bonds is 9. The van der Waals surface area contributed by atoms with E-state index < -0.39 is 36.5 Å². The Hall–Kier alpha value is -1.66. The van der Waals surface area contributed by atoms with Gasteiger partial charge >= 0.3 is 5.97 Å². The van der Waals surface area contributed by atoms with Crippen molar-refractivity contribution in [1.82, 2.24) is 14.7 Å². The number of aliphatic hydroxyl groups is 2. The zero-order valence-corrected chi connectivity index (χ0v) is 35.5. The molecule has 0 bridgehead atoms. The number of esters is 1. The molecule has 0 spiro atoms. The Labute approximate surface area is 328 Å². The lowest BCUT2D eigenvalue weighted by Gasteiger charge is -2.47. The average Bonchev–Trinajstić information content (AvgIpc) is 3.11. The predicted octanol–water partition coefficient (Wildman–Crippen LogP) is 5.95. The first kappa shape index (κ1) is 45.0. The molecule has 0 radical (unpaired) electrons. The minimum Gasteiger partial charge on any atom is -0.462 e. The van der Waals surface area contributed by atoms with Gasteiger partial charge < -0.3 is 39.1 Å². The van der Waals surface area contributed by atoms with Crippen LogP contribution in [0.4, 0.5) is 0 Å². The summed E-state index contributed by atoms with van der Waals surface area (Å²) in [6, 6.07) is -0.194. The number of carbonyl (C=O) groups excluding carboxylic acids is 2. The standard InChI is InChI=1S/C44H77N3O7/c1-11-39-36(27-46-18-13-12-14-19-46)22-28(2)15-16-37(48)31(5)23-35(17-20-47-25-29(3)21-30(4)26-47)43(33(7)38(49)24-40(50)53-39)54-44-42(51)41(45(9)10)32(6)34(8)52-44/h15-16,22,29-36,38-39,41-44,49,51H,11-14,17-21,23-27H2,1-10H3/b16-15+,28-22+. The molecule has 0 aliphatic carbocycles. The predicted molar refractivity (Wildman–Crippen MR) is 215 cm³/mol. The van der Waals surface area contributed by atoms with Gasteiger partial charge in [-0.1, -0.05) is 65.7 Å². The lowest BCUT2D eigenvalue weighted by molar-refractivity contribution is -0.295. The van der Waals surface area contributed by atoms with Gasteiger partial charge in [-0.15, -0.1) is 0 Å². The highest BCUT2D eigenvalue weighted by atomic mass is 16.7. The molecule has 0 amide bonds. The number of ketones is 1. The van der Waals surface area contributed by atoms with E-state index in [9.17, 15) is 19.8 Å². The van der Waals surface area contributed by atoms with E-state index in [0.29, 0.717) is 24.7 Å². The molecule has 0 aromatic carbocycles. The summed E-state index contributed by atoms with van der Waals surface area (Å²) in [6.07, 6.45) is 8.30. The van der Waals surface area contributed by atoms with E-state index in [1.807, 2.05) is 59.7 Å². The quantitative estimate of drug-likeness (QED) is 0.274. The molecule has 4 rings (SSSR count). The number of carbonyl (C=O) groups is 2. The third kappa shape index (κ3) is 12.7. The summed E-state index contributed by atoms with van der Waals surface area (Å²) in [6.45, 7) is 22.4. The molecule has 3 saturated heterocycles. The molecular formula is C44H77N3O7. The first-order valence-corrected chi connectivity index (χ1v) is 21.5. The van der Waals surface area contributed by atoms with Crippen LogP contribution in [0.3, 0.4) is 0 Å². The fourth-order valence-electron chi connectivity index (χ4n) is 9.94. The topological polar surface area (TPSA) is 112 Å². The maximum Gasteiger partial charge on any atom is 0.308 e. The number of hydrogen-bond acceptors (Lipinski definition) is 10. The van der Waals surface area contributed by atoms with Crippen molar-refractivity contribution >= 4 is 11.8 Å². The number of hydrogen-bond donors (Lipinski definition) is 2. The van der Waals surface area contributed by atoms with Crippen LogP contribution in [0.2, 0.25) is 0 Å². The fourth-order valence-corrected chi connectivity index (χ4v) is 9.94. The van der Waals surface area contributed by atoms with E-state index in [4.69, 9.17) is 14.2 Å². The Bertz CT molecular complexity index is 1230. The molecule has 14 atom stereocenters. The van der Waals surface area contributed by atoms with Gasteiger partial charge in [-0.3, -0.25) is 9.59 Å². The van der Waals surface area contributed by atoms with Crippen LogP contribution in [0.25, 0.3) is 0 Å². The molecule has 54 heavy (non-hydrogen) atoms. The molecule has 310 valence electrons. The van der Waals surface area contributed by atoms with Crippen molar-refractivity contribution < 1.29 is 34.0 Å². The van der Waals surface area contributed by atoms with Crippen molar-refractivity contribution in [2.45, 2.75) is 150 Å². The minimum atomic E-state index is -1.06. The van der Waals surface area contributed by atoms with Gasteiger partial charge in [0.1, 0.15) is 12.2 Å². The van der Waals surface area contributed by atoms with E-state index in [-0.39, 0.29) is 54.1 Å². The van der Waals surface area contributed by atoms with Crippen LogP contribution in [0.15, 0.2) is 23.8 Å². The van der Waals surface area contributed by atoms with Crippen LogP contribution in [-0.2, 0) is 23.8 Å². The number of nitrogens with zero attached hydrogens (tertiary/aromatic N) is 3. The van der Waals surface area contributed by atoms with Crippen LogP contribution in [-0.4, -0.2) is 133 Å². The maximum atomic E-state index is 13.9. The van der Waals surface area contributed by atoms with E-state index >= 15 is 0 Å². The second-order valence-electron chi connectivity index (χ2n) is 18.2. The molecule has 0 aromatic heterocycles. The van der Waals surface area contributed by atoms with Crippen LogP contribution < -0.4 is 0 Å². The fraction of sp³-hybridized carbons (Fsp3) is 0.864. The van der Waals surface area contributed by atoms with Gasteiger partial charge in [0.2, 0.25) is 0 Å². The van der Waals surface area contributed by atoms with Crippen molar-refractivity contribution in [1.29, 1.82) is 0 Å². The molecule has 0 saturated carbocycles. The Morgan fingerprint density at radius 3 is 2.20 bits per heavy atom. The van der Waals surface area contributed by atoms with Crippen LogP contribution in [0.5, 0.6) is 0 Å². The highest BCUT2D eigenvalue weighted by Gasteiger charge is 2.46. The monoisotopic (exact) mass is 760 g/mol. The van der Waals surface area contributed by atoms with Crippen LogP contribution >= 0.6 is 0 Å². The van der Waals surface area contributed by atoms with Gasteiger partial charge in [-0.05, 0) is 110 Å². The summed E-state index contributed by atoms with van der Waals surface area (Å²) in [7, 11) is 3.93. The van der Waals surface area contributed by atoms with Gasteiger partial charge in [0.15, 0.2) is 12.1 Å². The van der Waals surface area contributed by atoms with Gasteiger partial charge in [0.05, 0.1) is 24.7 Å². The average molecular weight is 760 g/mol. The summed E-state index contributed by atoms with van der Waals surface area (Å²) in [4.78, 5) is 34.6. The molecule has 4 aliphatic rings. The van der Waals surface area contributed by atoms with Gasteiger partial charge in [-0.25, -0.2) is 0 Å². The Morgan fingerprint density at radius 1 is 0.907 bits per heavy atom. The van der Waals surface area contributed by atoms with Crippen molar-refractivity contribution in [3.8, 4) is 0 Å². The summed E-state index contributed by atoms with van der Waals surface area (Å²) in [5.41, 5.74) is 0.973. The molecule has 2 N–H and O–H groups in total. The van der Waals surface area contributed by atoms with Gasteiger partial charge in [0, 0.05) is 49.3 Å². The van der Waals surface area contributed by atoms with E-state index in [1.54, 1.807) is 6.08 Å². The summed E-state index contributed by atoms with van der Waals surface area (Å²) >= 11 is 0. The molecule has 14 unspecified atom stereocenters. The minimum absolute atomic E-state index is 0.0451. The van der Waals surface area contributed by atoms with Crippen molar-refractivity contribution in [2.24, 2.45) is 41.4 Å². The number of cyclic esters (lactones) is 1. The lowest BCUT2D eigenvalue weighted by atomic mass is 9.79. The summed E-state index contributed by atoms with van der Waals surface area (Å²) in [5, 5.41) is 23.6. The zero-order chi connectivity index (χ0) is 39.7. The van der Waals surface area contributed by atoms with E-state index in [2.05, 4.69) is 36.6 Å². The summed E-state index contributed by atoms with van der Waals surface area (Å²) in [5.74, 6) is -0.0974. The van der Waals surface area contributed by atoms with Gasteiger partial charge in [-0.2, -0.15) is 0 Å². The Kier molecular flexibility index (Phi) is 17.7. The number of likely N-dealkylation sites (tertiary alicyclic amines) is 2. The number of ether oxygens (including phenoxy) is 3. The Balaban J connectivity index is 1.70. The normalized spacial score (nSPS) is 42.0. The number of aliphatic hydroxyl groups excluding tert-OH is 2. The van der Waals surface area contributed by atoms with E-state index in [0.717, 1.165) is 51.3 Å². The zero-order valence-electron chi connectivity index (χ0n) is 35.5. The number of allylic oxidation sites excluding steroid dienone is 3. The van der Waals surface area contributed by atoms with Crippen molar-refractivity contribution in [2.75, 3.05) is 53.4 Å². The second-order valence-corrected chi connectivity index (χ2v) is 18.2. The third-order valence-electron chi connectivity index (χ3n) is 13.1. The summed E-state index contributed by atoms with van der Waals surface area (Å²) < 4.78 is 19.6. The number of likely N-dealkylation sites (N-methyl/N-ethyl adjacent to an activating group) is 1. The molecule has 3 fully saturated rings. The first-order valence-electron chi connectivity index (χ1n) is 21.5. The highest BCUT2D eigenvalue weighted by molar-refractivity contribution is 5.91. The Morgan fingerprint density at radius 2 is 1.57 bits per heavy atom. The maximum absolute atomic E-state index is 13.9. The van der Waals surface area contributed by atoms with Crippen molar-refractivity contribution in [3.05, 3.63) is 23.8 Å². The highest BCUT2D eigenvalue weighted by Crippen LogP contribution is 2.36. The molecule has 10 heteroatoms. The smallest absolute Gasteiger partial charge is 0.308 e. The molecular weight excluding hydrogens is 682 g/mol. The van der Waals surface area contributed by atoms with Crippen molar-refractivity contribution in [3.63, 3.8) is 0 Å². The molecule has 10 nitrogen and oxygen atoms in total. The molecule has 4 aliphatic heterocycles. The lowest BCUT2D eigenvalue weighted by Crippen LogP contribution is -2.60. The van der Waals surface area contributed by atoms with Crippen LogP contribution in [0, 0.1) is 41.4 Å². The van der Waals surface area contributed by atoms with Gasteiger partial charge in [0.25, 0.3) is 0 Å². The SMILES string of the molecule is CCC1OC(=O)CC(O)C(C)C(OC2OC(C)C(C)C(N(C)C)C2O)C(CCN2CC(C)CC(C)C2)CC(C)C(=O)/C=C/C(C)=C/C1CN1CCCCC1. The molecule has 4 heterocycles. The number of piperidine rings is 2. The second kappa shape index (κ2) is 21.2. The molecule has 0 aromatic rings.